The Bertz CT molecular complexity index is 404. The summed E-state index contributed by atoms with van der Waals surface area (Å²) >= 11 is 3.59. The zero-order chi connectivity index (χ0) is 12.3. The molecule has 0 aromatic heterocycles. The summed E-state index contributed by atoms with van der Waals surface area (Å²) in [5.41, 5.74) is 0.639. The Morgan fingerprint density at radius 2 is 2.35 bits per heavy atom. The molecule has 3 nitrogen and oxygen atoms in total. The quantitative estimate of drug-likeness (QED) is 0.849. The minimum Gasteiger partial charge on any atom is -0.497 e. The van der Waals surface area contributed by atoms with Gasteiger partial charge in [0.15, 0.2) is 0 Å². The Morgan fingerprint density at radius 3 is 3.00 bits per heavy atom. The lowest BCUT2D eigenvalue weighted by Gasteiger charge is -2.10. The van der Waals surface area contributed by atoms with Crippen LogP contribution in [0.3, 0.4) is 0 Å². The van der Waals surface area contributed by atoms with E-state index in [-0.39, 0.29) is 5.91 Å². The van der Waals surface area contributed by atoms with Crippen molar-refractivity contribution in [2.75, 3.05) is 13.7 Å². The van der Waals surface area contributed by atoms with Crippen LogP contribution in [0.4, 0.5) is 0 Å². The van der Waals surface area contributed by atoms with Gasteiger partial charge in [-0.2, -0.15) is 0 Å². The molecular formula is C13H16BrNO2. The largest absolute Gasteiger partial charge is 0.497 e. The lowest BCUT2D eigenvalue weighted by molar-refractivity contribution is 0.0953. The third-order valence-electron chi connectivity index (χ3n) is 2.92. The van der Waals surface area contributed by atoms with Crippen LogP contribution in [0.2, 0.25) is 0 Å². The van der Waals surface area contributed by atoms with Crippen LogP contribution in [-0.2, 0) is 0 Å². The molecule has 0 saturated heterocycles. The maximum atomic E-state index is 11.9. The van der Waals surface area contributed by atoms with Gasteiger partial charge in [-0.25, -0.2) is 0 Å². The van der Waals surface area contributed by atoms with Gasteiger partial charge in [-0.3, -0.25) is 4.79 Å². The van der Waals surface area contributed by atoms with Gasteiger partial charge in [0.1, 0.15) is 5.75 Å². The first kappa shape index (κ1) is 12.4. The zero-order valence-electron chi connectivity index (χ0n) is 9.78. The van der Waals surface area contributed by atoms with Crippen molar-refractivity contribution < 1.29 is 9.53 Å². The highest BCUT2D eigenvalue weighted by Crippen LogP contribution is 2.36. The molecule has 17 heavy (non-hydrogen) atoms. The van der Waals surface area contributed by atoms with E-state index in [1.54, 1.807) is 19.2 Å². The molecule has 1 unspecified atom stereocenters. The molecule has 2 rings (SSSR count). The van der Waals surface area contributed by atoms with E-state index in [0.717, 1.165) is 5.92 Å². The number of hydrogen-bond donors (Lipinski definition) is 1. The molecule has 92 valence electrons. The Balaban J connectivity index is 1.89. The van der Waals surface area contributed by atoms with Crippen LogP contribution >= 0.6 is 15.9 Å². The molecule has 4 heteroatoms. The summed E-state index contributed by atoms with van der Waals surface area (Å²) in [5.74, 6) is 1.39. The molecule has 0 spiro atoms. The van der Waals surface area contributed by atoms with Gasteiger partial charge in [0, 0.05) is 16.9 Å². The number of nitrogens with one attached hydrogen (secondary N) is 1. The molecule has 1 saturated carbocycles. The summed E-state index contributed by atoms with van der Waals surface area (Å²) in [6, 6.07) is 7.18. The second-order valence-electron chi connectivity index (χ2n) is 4.30. The average Bonchev–Trinajstić information content (AvgIpc) is 3.19. The fourth-order valence-electron chi connectivity index (χ4n) is 1.68. The molecule has 1 aromatic rings. The molecule has 1 aliphatic carbocycles. The van der Waals surface area contributed by atoms with Gasteiger partial charge >= 0.3 is 0 Å². The third-order valence-corrected chi connectivity index (χ3v) is 3.99. The van der Waals surface area contributed by atoms with Crippen LogP contribution in [0.5, 0.6) is 5.75 Å². The van der Waals surface area contributed by atoms with Crippen molar-refractivity contribution >= 4 is 21.8 Å². The number of carbonyl (C=O) groups is 1. The average molecular weight is 298 g/mol. The highest BCUT2D eigenvalue weighted by atomic mass is 79.9. The molecule has 1 atom stereocenters. The number of methoxy groups -OCH3 is 1. The second kappa shape index (κ2) is 5.54. The van der Waals surface area contributed by atoms with Crippen LogP contribution in [-0.4, -0.2) is 24.4 Å². The molecule has 1 fully saturated rings. The van der Waals surface area contributed by atoms with E-state index in [1.165, 1.54) is 12.8 Å². The number of amides is 1. The van der Waals surface area contributed by atoms with Crippen molar-refractivity contribution in [3.05, 3.63) is 29.8 Å². The fraction of sp³-hybridized carbons (Fsp3) is 0.462. The minimum atomic E-state index is -0.0472. The summed E-state index contributed by atoms with van der Waals surface area (Å²) in [6.45, 7) is 0.681. The van der Waals surface area contributed by atoms with Gasteiger partial charge in [0.25, 0.3) is 5.91 Å². The summed E-state index contributed by atoms with van der Waals surface area (Å²) in [7, 11) is 1.60. The fourth-order valence-corrected chi connectivity index (χ4v) is 2.37. The van der Waals surface area contributed by atoms with Gasteiger partial charge in [0.05, 0.1) is 7.11 Å². The SMILES string of the molecule is COc1cccc(C(=O)NCC(Br)C2CC2)c1. The Morgan fingerprint density at radius 1 is 1.59 bits per heavy atom. The van der Waals surface area contributed by atoms with Crippen molar-refractivity contribution in [3.8, 4) is 5.75 Å². The van der Waals surface area contributed by atoms with Crippen molar-refractivity contribution in [1.82, 2.24) is 5.32 Å². The number of halogens is 1. The maximum absolute atomic E-state index is 11.9. The van der Waals surface area contributed by atoms with E-state index in [4.69, 9.17) is 4.74 Å². The Hall–Kier alpha value is -1.03. The first-order chi connectivity index (χ1) is 8.20. The van der Waals surface area contributed by atoms with Crippen LogP contribution < -0.4 is 10.1 Å². The number of carbonyl (C=O) groups excluding carboxylic acids is 1. The molecule has 1 aliphatic rings. The number of hydrogen-bond acceptors (Lipinski definition) is 2. The topological polar surface area (TPSA) is 38.3 Å². The predicted octanol–water partition coefficient (Wildman–Crippen LogP) is 2.60. The van der Waals surface area contributed by atoms with Crippen LogP contribution in [0.25, 0.3) is 0 Å². The van der Waals surface area contributed by atoms with Crippen LogP contribution in [0, 0.1) is 5.92 Å². The summed E-state index contributed by atoms with van der Waals surface area (Å²) < 4.78 is 5.09. The Labute approximate surface area is 110 Å². The van der Waals surface area contributed by atoms with Crippen molar-refractivity contribution in [2.45, 2.75) is 17.7 Å². The molecule has 1 amide bonds. The van der Waals surface area contributed by atoms with E-state index in [9.17, 15) is 4.79 Å². The van der Waals surface area contributed by atoms with Gasteiger partial charge in [-0.1, -0.05) is 22.0 Å². The molecule has 0 bridgehead atoms. The van der Waals surface area contributed by atoms with Crippen molar-refractivity contribution in [1.29, 1.82) is 0 Å². The molecule has 0 heterocycles. The van der Waals surface area contributed by atoms with Gasteiger partial charge in [-0.15, -0.1) is 0 Å². The molecule has 0 radical (unpaired) electrons. The highest BCUT2D eigenvalue weighted by molar-refractivity contribution is 9.09. The van der Waals surface area contributed by atoms with Gasteiger partial charge in [-0.05, 0) is 37.0 Å². The molecule has 1 aromatic carbocycles. The lowest BCUT2D eigenvalue weighted by Crippen LogP contribution is -2.30. The third kappa shape index (κ3) is 3.46. The normalized spacial score (nSPS) is 16.4. The van der Waals surface area contributed by atoms with E-state index >= 15 is 0 Å². The van der Waals surface area contributed by atoms with Gasteiger partial charge < -0.3 is 10.1 Å². The predicted molar refractivity (Wildman–Crippen MR) is 70.8 cm³/mol. The lowest BCUT2D eigenvalue weighted by atomic mass is 10.2. The number of ether oxygens (including phenoxy) is 1. The summed E-state index contributed by atoms with van der Waals surface area (Å²) in [5, 5.41) is 2.93. The number of alkyl halides is 1. The molecular weight excluding hydrogens is 282 g/mol. The van der Waals surface area contributed by atoms with Crippen LogP contribution in [0.1, 0.15) is 23.2 Å². The monoisotopic (exact) mass is 297 g/mol. The van der Waals surface area contributed by atoms with Crippen molar-refractivity contribution in [3.63, 3.8) is 0 Å². The maximum Gasteiger partial charge on any atom is 0.251 e. The Kier molecular flexibility index (Phi) is 4.05. The minimum absolute atomic E-state index is 0.0472. The van der Waals surface area contributed by atoms with E-state index in [1.807, 2.05) is 12.1 Å². The summed E-state index contributed by atoms with van der Waals surface area (Å²) in [4.78, 5) is 12.3. The zero-order valence-corrected chi connectivity index (χ0v) is 11.4. The standard InChI is InChI=1S/C13H16BrNO2/c1-17-11-4-2-3-10(7-11)13(16)15-8-12(14)9-5-6-9/h2-4,7,9,12H,5-6,8H2,1H3,(H,15,16). The number of benzene rings is 1. The first-order valence-electron chi connectivity index (χ1n) is 5.77. The smallest absolute Gasteiger partial charge is 0.251 e. The summed E-state index contributed by atoms with van der Waals surface area (Å²) in [6.07, 6.45) is 2.54. The van der Waals surface area contributed by atoms with E-state index in [0.29, 0.717) is 22.7 Å². The second-order valence-corrected chi connectivity index (χ2v) is 5.47. The molecule has 0 aliphatic heterocycles. The van der Waals surface area contributed by atoms with E-state index < -0.39 is 0 Å². The molecule has 1 N–H and O–H groups in total. The highest BCUT2D eigenvalue weighted by Gasteiger charge is 2.29. The first-order valence-corrected chi connectivity index (χ1v) is 6.68. The van der Waals surface area contributed by atoms with Gasteiger partial charge in [0.2, 0.25) is 0 Å². The van der Waals surface area contributed by atoms with Crippen molar-refractivity contribution in [2.24, 2.45) is 5.92 Å². The van der Waals surface area contributed by atoms with E-state index in [2.05, 4.69) is 21.2 Å². The number of rotatable bonds is 5. The van der Waals surface area contributed by atoms with Crippen LogP contribution in [0.15, 0.2) is 24.3 Å².